The van der Waals surface area contributed by atoms with Crippen LogP contribution >= 0.6 is 11.6 Å². The van der Waals surface area contributed by atoms with Crippen molar-refractivity contribution in [1.29, 1.82) is 0 Å². The van der Waals surface area contributed by atoms with Gasteiger partial charge in [0.05, 0.1) is 6.61 Å². The van der Waals surface area contributed by atoms with Gasteiger partial charge in [0.15, 0.2) is 0 Å². The molecule has 4 amide bonds. The Labute approximate surface area is 163 Å². The van der Waals surface area contributed by atoms with Crippen molar-refractivity contribution in [1.82, 2.24) is 14.7 Å². The van der Waals surface area contributed by atoms with Crippen molar-refractivity contribution < 1.29 is 19.1 Å². The number of halogens is 1. The number of hydrogen-bond donors (Lipinski definition) is 0. The summed E-state index contributed by atoms with van der Waals surface area (Å²) < 4.78 is 4.98. The van der Waals surface area contributed by atoms with Gasteiger partial charge in [-0.2, -0.15) is 0 Å². The van der Waals surface area contributed by atoms with Crippen molar-refractivity contribution in [2.45, 2.75) is 6.92 Å². The summed E-state index contributed by atoms with van der Waals surface area (Å²) in [5.41, 5.74) is 0.766. The molecule has 1 aromatic rings. The van der Waals surface area contributed by atoms with Gasteiger partial charge in [-0.15, -0.1) is 0 Å². The van der Waals surface area contributed by atoms with Crippen molar-refractivity contribution in [3.63, 3.8) is 0 Å². The lowest BCUT2D eigenvalue weighted by Gasteiger charge is -2.34. The van der Waals surface area contributed by atoms with Crippen LogP contribution < -0.4 is 4.90 Å². The van der Waals surface area contributed by atoms with Crippen LogP contribution in [0.2, 0.25) is 5.02 Å². The number of carbonyl (C=O) groups is 3. The predicted molar refractivity (Wildman–Crippen MR) is 101 cm³/mol. The summed E-state index contributed by atoms with van der Waals surface area (Å²) in [4.78, 5) is 43.3. The second-order valence-corrected chi connectivity index (χ2v) is 6.84. The van der Waals surface area contributed by atoms with Crippen LogP contribution in [-0.2, 0) is 9.53 Å². The first kappa shape index (κ1) is 19.3. The van der Waals surface area contributed by atoms with E-state index in [4.69, 9.17) is 16.3 Å². The van der Waals surface area contributed by atoms with Gasteiger partial charge >= 0.3 is 12.1 Å². The monoisotopic (exact) mass is 394 g/mol. The molecule has 27 heavy (non-hydrogen) atoms. The Balaban J connectivity index is 1.51. The summed E-state index contributed by atoms with van der Waals surface area (Å²) in [7, 11) is 0. The van der Waals surface area contributed by atoms with E-state index >= 15 is 0 Å². The van der Waals surface area contributed by atoms with Gasteiger partial charge in [0, 0.05) is 50.0 Å². The molecule has 2 aliphatic heterocycles. The van der Waals surface area contributed by atoms with E-state index < -0.39 is 0 Å². The lowest BCUT2D eigenvalue weighted by atomic mass is 10.3. The summed E-state index contributed by atoms with van der Waals surface area (Å²) in [6, 6.07) is 6.87. The van der Waals surface area contributed by atoms with E-state index in [9.17, 15) is 14.4 Å². The average molecular weight is 395 g/mol. The Morgan fingerprint density at radius 2 is 1.63 bits per heavy atom. The van der Waals surface area contributed by atoms with Crippen LogP contribution in [0.5, 0.6) is 0 Å². The summed E-state index contributed by atoms with van der Waals surface area (Å²) in [6.45, 7) is 4.94. The Kier molecular flexibility index (Phi) is 6.05. The van der Waals surface area contributed by atoms with Crippen LogP contribution in [0.3, 0.4) is 0 Å². The van der Waals surface area contributed by atoms with Gasteiger partial charge in [0.2, 0.25) is 5.91 Å². The molecule has 2 aliphatic rings. The smallest absolute Gasteiger partial charge is 0.409 e. The van der Waals surface area contributed by atoms with E-state index in [2.05, 4.69) is 0 Å². The number of urea groups is 1. The average Bonchev–Trinajstić information content (AvgIpc) is 3.03. The predicted octanol–water partition coefficient (Wildman–Crippen LogP) is 1.88. The molecule has 0 spiro atoms. The van der Waals surface area contributed by atoms with E-state index in [1.165, 1.54) is 0 Å². The van der Waals surface area contributed by atoms with Gasteiger partial charge in [0.25, 0.3) is 0 Å². The summed E-state index contributed by atoms with van der Waals surface area (Å²) in [6.07, 6.45) is -0.349. The molecule has 2 fully saturated rings. The number of amides is 4. The number of benzene rings is 1. The van der Waals surface area contributed by atoms with Gasteiger partial charge in [-0.05, 0) is 31.2 Å². The van der Waals surface area contributed by atoms with Gasteiger partial charge in [-0.25, -0.2) is 9.59 Å². The highest BCUT2D eigenvalue weighted by molar-refractivity contribution is 6.30. The Hall–Kier alpha value is -2.48. The highest BCUT2D eigenvalue weighted by Gasteiger charge is 2.33. The maximum Gasteiger partial charge on any atom is 0.409 e. The quantitative estimate of drug-likeness (QED) is 0.781. The fourth-order valence-corrected chi connectivity index (χ4v) is 3.33. The number of nitrogens with zero attached hydrogens (tertiary/aromatic N) is 4. The topological polar surface area (TPSA) is 73.4 Å². The van der Waals surface area contributed by atoms with Crippen molar-refractivity contribution in [3.05, 3.63) is 29.3 Å². The minimum atomic E-state index is -0.349. The van der Waals surface area contributed by atoms with Crippen molar-refractivity contribution in [2.75, 3.05) is 57.3 Å². The van der Waals surface area contributed by atoms with Gasteiger partial charge in [-0.1, -0.05) is 11.6 Å². The first-order valence-corrected chi connectivity index (χ1v) is 9.39. The fourth-order valence-electron chi connectivity index (χ4n) is 3.21. The molecule has 0 N–H and O–H groups in total. The second-order valence-electron chi connectivity index (χ2n) is 6.40. The van der Waals surface area contributed by atoms with Crippen LogP contribution in [-0.4, -0.2) is 85.2 Å². The van der Waals surface area contributed by atoms with Crippen molar-refractivity contribution in [3.8, 4) is 0 Å². The van der Waals surface area contributed by atoms with Crippen LogP contribution in [0.1, 0.15) is 6.92 Å². The molecule has 8 nitrogen and oxygen atoms in total. The SMILES string of the molecule is CCOC(=O)N1CCN(C(=O)CN2CCN(c3ccc(Cl)cc3)C2=O)CC1. The minimum absolute atomic E-state index is 0.0440. The maximum atomic E-state index is 12.6. The fraction of sp³-hybridized carbons (Fsp3) is 0.500. The maximum absolute atomic E-state index is 12.6. The van der Waals surface area contributed by atoms with Gasteiger partial charge in [0.1, 0.15) is 6.54 Å². The first-order chi connectivity index (χ1) is 13.0. The zero-order valence-corrected chi connectivity index (χ0v) is 16.0. The van der Waals surface area contributed by atoms with Crippen LogP contribution in [0, 0.1) is 0 Å². The van der Waals surface area contributed by atoms with E-state index in [0.29, 0.717) is 50.9 Å². The molecule has 0 unspecified atom stereocenters. The van der Waals surface area contributed by atoms with Crippen LogP contribution in [0.25, 0.3) is 0 Å². The summed E-state index contributed by atoms with van der Waals surface area (Å²) in [5.74, 6) is -0.107. The third-order valence-corrected chi connectivity index (χ3v) is 4.97. The molecule has 0 atom stereocenters. The number of hydrogen-bond acceptors (Lipinski definition) is 4. The Morgan fingerprint density at radius 1 is 1.00 bits per heavy atom. The normalized spacial score (nSPS) is 17.5. The highest BCUT2D eigenvalue weighted by Crippen LogP contribution is 2.22. The third-order valence-electron chi connectivity index (χ3n) is 4.72. The Bertz CT molecular complexity index is 704. The zero-order chi connectivity index (χ0) is 19.4. The molecular formula is C18H23ClN4O4. The molecule has 0 bridgehead atoms. The summed E-state index contributed by atoms with van der Waals surface area (Å²) >= 11 is 5.89. The molecule has 0 saturated carbocycles. The van der Waals surface area contributed by atoms with Gasteiger partial charge in [-0.3, -0.25) is 9.69 Å². The number of ether oxygens (including phenoxy) is 1. The van der Waals surface area contributed by atoms with Crippen molar-refractivity contribution >= 4 is 35.3 Å². The molecule has 9 heteroatoms. The van der Waals surface area contributed by atoms with E-state index in [0.717, 1.165) is 5.69 Å². The molecule has 1 aromatic carbocycles. The molecule has 0 radical (unpaired) electrons. The lowest BCUT2D eigenvalue weighted by molar-refractivity contribution is -0.133. The molecule has 3 rings (SSSR count). The first-order valence-electron chi connectivity index (χ1n) is 9.01. The molecule has 2 heterocycles. The number of anilines is 1. The molecule has 0 aliphatic carbocycles. The number of rotatable bonds is 4. The summed E-state index contributed by atoms with van der Waals surface area (Å²) in [5, 5.41) is 0.611. The van der Waals surface area contributed by atoms with Crippen LogP contribution in [0.4, 0.5) is 15.3 Å². The van der Waals surface area contributed by atoms with E-state index in [-0.39, 0.29) is 24.6 Å². The highest BCUT2D eigenvalue weighted by atomic mass is 35.5. The van der Waals surface area contributed by atoms with E-state index in [1.54, 1.807) is 50.8 Å². The van der Waals surface area contributed by atoms with Crippen LogP contribution in [0.15, 0.2) is 24.3 Å². The molecule has 2 saturated heterocycles. The third kappa shape index (κ3) is 4.44. The van der Waals surface area contributed by atoms with Crippen molar-refractivity contribution in [2.24, 2.45) is 0 Å². The molecule has 0 aromatic heterocycles. The zero-order valence-electron chi connectivity index (χ0n) is 15.3. The second kappa shape index (κ2) is 8.47. The number of carbonyl (C=O) groups excluding carboxylic acids is 3. The van der Waals surface area contributed by atoms with E-state index in [1.807, 2.05) is 0 Å². The van der Waals surface area contributed by atoms with Gasteiger partial charge < -0.3 is 19.4 Å². The largest absolute Gasteiger partial charge is 0.450 e. The number of piperazine rings is 1. The standard InChI is InChI=1S/C18H23ClN4O4/c1-2-27-18(26)21-9-7-20(8-10-21)16(24)13-22-11-12-23(17(22)25)15-5-3-14(19)4-6-15/h3-6H,2,7-13H2,1H3. The molecule has 146 valence electrons. The lowest BCUT2D eigenvalue weighted by Crippen LogP contribution is -2.53. The molecular weight excluding hydrogens is 372 g/mol. The Morgan fingerprint density at radius 3 is 2.26 bits per heavy atom. The minimum Gasteiger partial charge on any atom is -0.450 e.